The van der Waals surface area contributed by atoms with E-state index in [1.807, 2.05) is 47.6 Å². The molecule has 0 aromatic heterocycles. The molecule has 0 bridgehead atoms. The van der Waals surface area contributed by atoms with Gasteiger partial charge >= 0.3 is 0 Å². The molecule has 0 fully saturated rings. The monoisotopic (exact) mass is 583 g/mol. The van der Waals surface area contributed by atoms with E-state index in [0.717, 1.165) is 21.0 Å². The maximum Gasteiger partial charge on any atom is 0.264 e. The summed E-state index contributed by atoms with van der Waals surface area (Å²) in [6.07, 6.45) is 0.343. The van der Waals surface area contributed by atoms with Crippen molar-refractivity contribution in [3.63, 3.8) is 0 Å². The number of nitrogens with zero attached hydrogens (tertiary/aromatic N) is 2. The summed E-state index contributed by atoms with van der Waals surface area (Å²) in [5, 5.41) is 3.52. The van der Waals surface area contributed by atoms with Gasteiger partial charge in [-0.05, 0) is 94.1 Å². The van der Waals surface area contributed by atoms with Crippen LogP contribution in [-0.4, -0.2) is 43.3 Å². The molecular formula is C31H38ClN3O4S. The van der Waals surface area contributed by atoms with Gasteiger partial charge in [-0.2, -0.15) is 0 Å². The average Bonchev–Trinajstić information content (AvgIpc) is 2.87. The second kappa shape index (κ2) is 12.9. The molecule has 214 valence electrons. The summed E-state index contributed by atoms with van der Waals surface area (Å²) in [5.41, 5.74) is 2.37. The van der Waals surface area contributed by atoms with Crippen molar-refractivity contribution in [2.24, 2.45) is 0 Å². The highest BCUT2D eigenvalue weighted by Gasteiger charge is 2.34. The van der Waals surface area contributed by atoms with Gasteiger partial charge in [-0.1, -0.05) is 54.9 Å². The number of hydrogen-bond donors (Lipinski definition) is 1. The predicted octanol–water partition coefficient (Wildman–Crippen LogP) is 5.87. The molecule has 2 amide bonds. The highest BCUT2D eigenvalue weighted by Crippen LogP contribution is 2.27. The van der Waals surface area contributed by atoms with E-state index in [0.29, 0.717) is 17.1 Å². The largest absolute Gasteiger partial charge is 0.350 e. The second-order valence-corrected chi connectivity index (χ2v) is 13.3. The first-order chi connectivity index (χ1) is 18.7. The van der Waals surface area contributed by atoms with Gasteiger partial charge in [-0.15, -0.1) is 0 Å². The molecule has 0 radical (unpaired) electrons. The first-order valence-corrected chi connectivity index (χ1v) is 15.0. The molecular weight excluding hydrogens is 546 g/mol. The number of carbonyl (C=O) groups is 2. The van der Waals surface area contributed by atoms with E-state index >= 15 is 0 Å². The molecule has 0 aliphatic heterocycles. The van der Waals surface area contributed by atoms with E-state index in [4.69, 9.17) is 11.6 Å². The van der Waals surface area contributed by atoms with E-state index < -0.39 is 34.1 Å². The fraction of sp³-hybridized carbons (Fsp3) is 0.355. The molecule has 1 N–H and O–H groups in total. The fourth-order valence-corrected chi connectivity index (χ4v) is 6.05. The van der Waals surface area contributed by atoms with E-state index in [2.05, 4.69) is 5.32 Å². The Hall–Kier alpha value is -3.36. The second-order valence-electron chi connectivity index (χ2n) is 11.0. The van der Waals surface area contributed by atoms with Gasteiger partial charge in [0.1, 0.15) is 12.6 Å². The van der Waals surface area contributed by atoms with E-state index in [-0.39, 0.29) is 17.3 Å². The zero-order chi connectivity index (χ0) is 29.7. The van der Waals surface area contributed by atoms with Crippen molar-refractivity contribution in [2.75, 3.05) is 10.8 Å². The topological polar surface area (TPSA) is 86.8 Å². The first-order valence-electron chi connectivity index (χ1n) is 13.2. The number of aryl methyl sites for hydroxylation is 2. The van der Waals surface area contributed by atoms with Crippen LogP contribution in [0.2, 0.25) is 5.02 Å². The van der Waals surface area contributed by atoms with Gasteiger partial charge in [0, 0.05) is 17.1 Å². The molecule has 1 atom stereocenters. The smallest absolute Gasteiger partial charge is 0.264 e. The number of rotatable bonds is 10. The van der Waals surface area contributed by atoms with E-state index in [1.165, 1.54) is 17.0 Å². The van der Waals surface area contributed by atoms with E-state index in [9.17, 15) is 18.0 Å². The summed E-state index contributed by atoms with van der Waals surface area (Å²) in [7, 11) is -4.11. The molecule has 9 heteroatoms. The zero-order valence-electron chi connectivity index (χ0n) is 23.9. The van der Waals surface area contributed by atoms with Crippen LogP contribution >= 0.6 is 11.6 Å². The third-order valence-corrected chi connectivity index (χ3v) is 8.29. The predicted molar refractivity (Wildman–Crippen MR) is 161 cm³/mol. The van der Waals surface area contributed by atoms with Gasteiger partial charge in [0.25, 0.3) is 10.0 Å². The number of benzene rings is 3. The van der Waals surface area contributed by atoms with Crippen molar-refractivity contribution in [3.8, 4) is 0 Å². The van der Waals surface area contributed by atoms with Crippen LogP contribution in [0.1, 0.15) is 50.8 Å². The summed E-state index contributed by atoms with van der Waals surface area (Å²) < 4.78 is 29.0. The Bertz CT molecular complexity index is 1420. The van der Waals surface area contributed by atoms with Crippen LogP contribution in [0.3, 0.4) is 0 Å². The molecule has 0 aliphatic carbocycles. The number of carbonyl (C=O) groups excluding carboxylic acids is 2. The minimum Gasteiger partial charge on any atom is -0.350 e. The van der Waals surface area contributed by atoms with Gasteiger partial charge in [0.2, 0.25) is 11.8 Å². The normalized spacial score (nSPS) is 12.5. The highest BCUT2D eigenvalue weighted by molar-refractivity contribution is 7.92. The Morgan fingerprint density at radius 1 is 0.925 bits per heavy atom. The molecule has 3 aromatic rings. The van der Waals surface area contributed by atoms with Crippen molar-refractivity contribution in [1.29, 1.82) is 0 Å². The number of sulfonamides is 1. The Morgan fingerprint density at radius 3 is 2.02 bits per heavy atom. The maximum absolute atomic E-state index is 14.1. The number of halogens is 1. The van der Waals surface area contributed by atoms with Crippen LogP contribution in [0.25, 0.3) is 0 Å². The summed E-state index contributed by atoms with van der Waals surface area (Å²) in [5.74, 6) is -0.800. The lowest BCUT2D eigenvalue weighted by molar-refractivity contribution is -0.141. The van der Waals surface area contributed by atoms with Gasteiger partial charge in [0.05, 0.1) is 10.6 Å². The van der Waals surface area contributed by atoms with Crippen molar-refractivity contribution >= 4 is 39.1 Å². The van der Waals surface area contributed by atoms with Crippen molar-refractivity contribution in [2.45, 2.75) is 71.0 Å². The standard InChI is InChI=1S/C31H38ClN3O4S/c1-7-28(30(37)33-31(4,5)6)34(20-24-13-15-25(32)16-14-24)29(36)21-35(26-18-22(2)17-23(3)19-26)40(38,39)27-11-9-8-10-12-27/h8-19,28H,7,20-21H2,1-6H3,(H,33,37). The molecule has 0 spiro atoms. The third kappa shape index (κ3) is 8.08. The number of anilines is 1. The Balaban J connectivity index is 2.09. The summed E-state index contributed by atoms with van der Waals surface area (Å²) in [6, 6.07) is 19.7. The minimum atomic E-state index is -4.11. The van der Waals surface area contributed by atoms with Crippen molar-refractivity contribution < 1.29 is 18.0 Å². The molecule has 1 unspecified atom stereocenters. The SMILES string of the molecule is CCC(C(=O)NC(C)(C)C)N(Cc1ccc(Cl)cc1)C(=O)CN(c1cc(C)cc(C)c1)S(=O)(=O)c1ccccc1. The quantitative estimate of drug-likeness (QED) is 0.323. The molecule has 40 heavy (non-hydrogen) atoms. The fourth-order valence-electron chi connectivity index (χ4n) is 4.50. The molecule has 0 saturated heterocycles. The highest BCUT2D eigenvalue weighted by atomic mass is 35.5. The summed E-state index contributed by atoms with van der Waals surface area (Å²) >= 11 is 6.08. The minimum absolute atomic E-state index is 0.0729. The van der Waals surface area contributed by atoms with Gasteiger partial charge in [0.15, 0.2) is 0 Å². The van der Waals surface area contributed by atoms with Crippen LogP contribution in [0, 0.1) is 13.8 Å². The average molecular weight is 584 g/mol. The molecule has 0 heterocycles. The van der Waals surface area contributed by atoms with Crippen LogP contribution in [0.5, 0.6) is 0 Å². The molecule has 3 rings (SSSR count). The molecule has 3 aromatic carbocycles. The maximum atomic E-state index is 14.1. The van der Waals surface area contributed by atoms with Crippen LogP contribution < -0.4 is 9.62 Å². The molecule has 0 aliphatic rings. The van der Waals surface area contributed by atoms with E-state index in [1.54, 1.807) is 54.6 Å². The van der Waals surface area contributed by atoms with Crippen LogP contribution in [-0.2, 0) is 26.2 Å². The summed E-state index contributed by atoms with van der Waals surface area (Å²) in [4.78, 5) is 29.0. The Morgan fingerprint density at radius 2 is 1.50 bits per heavy atom. The van der Waals surface area contributed by atoms with Crippen LogP contribution in [0.4, 0.5) is 5.69 Å². The summed E-state index contributed by atoms with van der Waals surface area (Å²) in [6.45, 7) is 10.8. The van der Waals surface area contributed by atoms with Gasteiger partial charge < -0.3 is 10.2 Å². The Kier molecular flexibility index (Phi) is 10.0. The van der Waals surface area contributed by atoms with Crippen LogP contribution in [0.15, 0.2) is 77.7 Å². The number of nitrogens with one attached hydrogen (secondary N) is 1. The third-order valence-electron chi connectivity index (χ3n) is 6.25. The number of hydrogen-bond acceptors (Lipinski definition) is 4. The van der Waals surface area contributed by atoms with Gasteiger partial charge in [-0.3, -0.25) is 13.9 Å². The van der Waals surface area contributed by atoms with Crippen molar-refractivity contribution in [1.82, 2.24) is 10.2 Å². The lowest BCUT2D eigenvalue weighted by Gasteiger charge is -2.35. The first kappa shape index (κ1) is 31.2. The van der Waals surface area contributed by atoms with Crippen molar-refractivity contribution in [3.05, 3.63) is 94.5 Å². The lowest BCUT2D eigenvalue weighted by Crippen LogP contribution is -2.55. The number of amides is 2. The lowest BCUT2D eigenvalue weighted by atomic mass is 10.1. The molecule has 7 nitrogen and oxygen atoms in total. The Labute approximate surface area is 243 Å². The van der Waals surface area contributed by atoms with Gasteiger partial charge in [-0.25, -0.2) is 8.42 Å². The molecule has 0 saturated carbocycles. The zero-order valence-corrected chi connectivity index (χ0v) is 25.5.